The molecule has 0 atom stereocenters. The SMILES string of the molecule is CCCCCCOC1CCC(c2ccc(C#Cc3ccc(Cl)cc3F)cc2)CC1. The van der Waals surface area contributed by atoms with Crippen LogP contribution in [-0.2, 0) is 4.74 Å². The molecule has 3 heteroatoms. The largest absolute Gasteiger partial charge is 0.378 e. The molecule has 0 aliphatic heterocycles. The molecule has 2 aromatic carbocycles. The molecule has 0 radical (unpaired) electrons. The Hall–Kier alpha value is -1.82. The maximum Gasteiger partial charge on any atom is 0.140 e. The quantitative estimate of drug-likeness (QED) is 0.338. The summed E-state index contributed by atoms with van der Waals surface area (Å²) in [6.07, 6.45) is 10.2. The van der Waals surface area contributed by atoms with Crippen molar-refractivity contribution >= 4 is 11.6 Å². The molecule has 29 heavy (non-hydrogen) atoms. The first-order valence-corrected chi connectivity index (χ1v) is 11.2. The van der Waals surface area contributed by atoms with Crippen molar-refractivity contribution in [1.82, 2.24) is 0 Å². The summed E-state index contributed by atoms with van der Waals surface area (Å²) in [6.45, 7) is 3.15. The molecular weight excluding hydrogens is 383 g/mol. The smallest absolute Gasteiger partial charge is 0.140 e. The van der Waals surface area contributed by atoms with Gasteiger partial charge in [0.05, 0.1) is 11.7 Å². The van der Waals surface area contributed by atoms with E-state index in [9.17, 15) is 4.39 Å². The minimum absolute atomic E-state index is 0.367. The number of hydrogen-bond acceptors (Lipinski definition) is 1. The molecule has 1 aliphatic carbocycles. The van der Waals surface area contributed by atoms with E-state index in [1.807, 2.05) is 12.1 Å². The van der Waals surface area contributed by atoms with Gasteiger partial charge in [-0.3, -0.25) is 0 Å². The van der Waals surface area contributed by atoms with Crippen LogP contribution >= 0.6 is 11.6 Å². The maximum atomic E-state index is 13.8. The van der Waals surface area contributed by atoms with Crippen LogP contribution in [-0.4, -0.2) is 12.7 Å². The van der Waals surface area contributed by atoms with E-state index >= 15 is 0 Å². The van der Waals surface area contributed by atoms with Gasteiger partial charge in [0, 0.05) is 17.2 Å². The Morgan fingerprint density at radius 3 is 2.41 bits per heavy atom. The van der Waals surface area contributed by atoms with Gasteiger partial charge < -0.3 is 4.74 Å². The first-order chi connectivity index (χ1) is 14.2. The minimum atomic E-state index is -0.383. The normalized spacial score (nSPS) is 18.9. The zero-order chi connectivity index (χ0) is 20.5. The number of rotatable bonds is 7. The number of hydrogen-bond donors (Lipinski definition) is 0. The van der Waals surface area contributed by atoms with Gasteiger partial charge in [0.1, 0.15) is 5.82 Å². The molecule has 0 bridgehead atoms. The summed E-state index contributed by atoms with van der Waals surface area (Å²) >= 11 is 5.78. The van der Waals surface area contributed by atoms with Crippen LogP contribution < -0.4 is 0 Å². The van der Waals surface area contributed by atoms with Gasteiger partial charge in [-0.2, -0.15) is 0 Å². The van der Waals surface area contributed by atoms with Crippen molar-refractivity contribution in [2.75, 3.05) is 6.61 Å². The summed E-state index contributed by atoms with van der Waals surface area (Å²) < 4.78 is 19.9. The highest BCUT2D eigenvalue weighted by molar-refractivity contribution is 6.30. The standard InChI is InChI=1S/C26H30ClFO/c1-2-3-4-5-18-29-25-16-13-22(14-17-25)21-9-6-20(7-10-21)8-11-23-12-15-24(27)19-26(23)28/h6-7,9-10,12,15,19,22,25H,2-5,13-14,16-18H2,1H3. The van der Waals surface area contributed by atoms with E-state index in [4.69, 9.17) is 16.3 Å². The first-order valence-electron chi connectivity index (χ1n) is 10.8. The van der Waals surface area contributed by atoms with E-state index in [2.05, 4.69) is 30.9 Å². The van der Waals surface area contributed by atoms with E-state index in [0.717, 1.165) is 25.0 Å². The second-order valence-electron chi connectivity index (χ2n) is 7.90. The van der Waals surface area contributed by atoms with Gasteiger partial charge in [-0.1, -0.05) is 61.8 Å². The van der Waals surface area contributed by atoms with Crippen molar-refractivity contribution in [1.29, 1.82) is 0 Å². The zero-order valence-corrected chi connectivity index (χ0v) is 18.0. The lowest BCUT2D eigenvalue weighted by atomic mass is 9.82. The van der Waals surface area contributed by atoms with Crippen molar-refractivity contribution < 1.29 is 9.13 Å². The Balaban J connectivity index is 1.48. The highest BCUT2D eigenvalue weighted by atomic mass is 35.5. The van der Waals surface area contributed by atoms with Crippen LogP contribution in [0.3, 0.4) is 0 Å². The highest BCUT2D eigenvalue weighted by Gasteiger charge is 2.22. The summed E-state index contributed by atoms with van der Waals surface area (Å²) in [6, 6.07) is 13.0. The molecule has 1 aliphatic rings. The van der Waals surface area contributed by atoms with Crippen molar-refractivity contribution in [2.24, 2.45) is 0 Å². The van der Waals surface area contributed by atoms with Crippen molar-refractivity contribution in [3.63, 3.8) is 0 Å². The Morgan fingerprint density at radius 2 is 1.72 bits per heavy atom. The molecule has 1 fully saturated rings. The van der Waals surface area contributed by atoms with Gasteiger partial charge in [0.2, 0.25) is 0 Å². The van der Waals surface area contributed by atoms with E-state index in [-0.39, 0.29) is 5.82 Å². The fraction of sp³-hybridized carbons (Fsp3) is 0.462. The number of ether oxygens (including phenoxy) is 1. The monoisotopic (exact) mass is 412 g/mol. The number of benzene rings is 2. The van der Waals surface area contributed by atoms with Crippen molar-refractivity contribution in [3.05, 3.63) is 70.0 Å². The lowest BCUT2D eigenvalue weighted by Crippen LogP contribution is -2.21. The molecule has 1 nitrogen and oxygen atoms in total. The van der Waals surface area contributed by atoms with Crippen molar-refractivity contribution in [2.45, 2.75) is 70.3 Å². The average molecular weight is 413 g/mol. The summed E-state index contributed by atoms with van der Waals surface area (Å²) in [7, 11) is 0. The van der Waals surface area contributed by atoms with E-state index in [1.165, 1.54) is 50.2 Å². The molecule has 0 saturated heterocycles. The predicted molar refractivity (Wildman–Crippen MR) is 119 cm³/mol. The summed E-state index contributed by atoms with van der Waals surface area (Å²) in [4.78, 5) is 0. The molecule has 1 saturated carbocycles. The van der Waals surface area contributed by atoms with Gasteiger partial charge in [-0.15, -0.1) is 0 Å². The highest BCUT2D eigenvalue weighted by Crippen LogP contribution is 2.34. The second kappa shape index (κ2) is 11.4. The Labute approximate surface area is 179 Å². The van der Waals surface area contributed by atoms with E-state index < -0.39 is 0 Å². The van der Waals surface area contributed by atoms with Gasteiger partial charge in [0.15, 0.2) is 0 Å². The third-order valence-corrected chi connectivity index (χ3v) is 5.92. The lowest BCUT2D eigenvalue weighted by molar-refractivity contribution is 0.0226. The lowest BCUT2D eigenvalue weighted by Gasteiger charge is -2.29. The molecule has 0 heterocycles. The van der Waals surface area contributed by atoms with Crippen LogP contribution in [0.4, 0.5) is 4.39 Å². The minimum Gasteiger partial charge on any atom is -0.378 e. The van der Waals surface area contributed by atoms with Crippen LogP contribution in [0.15, 0.2) is 42.5 Å². The molecule has 154 valence electrons. The molecule has 0 N–H and O–H groups in total. The van der Waals surface area contributed by atoms with Crippen LogP contribution in [0.5, 0.6) is 0 Å². The summed E-state index contributed by atoms with van der Waals surface area (Å²) in [5.41, 5.74) is 2.63. The maximum absolute atomic E-state index is 13.8. The zero-order valence-electron chi connectivity index (χ0n) is 17.2. The molecule has 3 rings (SSSR count). The molecule has 0 spiro atoms. The van der Waals surface area contributed by atoms with Crippen LogP contribution in [0.1, 0.15) is 80.9 Å². The number of halogens is 2. The van der Waals surface area contributed by atoms with E-state index in [0.29, 0.717) is 22.6 Å². The Kier molecular flexibility index (Phi) is 8.59. The molecular formula is C26H30ClFO. The Morgan fingerprint density at radius 1 is 0.966 bits per heavy atom. The predicted octanol–water partition coefficient (Wildman–Crippen LogP) is 7.50. The van der Waals surface area contributed by atoms with Crippen LogP contribution in [0.2, 0.25) is 5.02 Å². The van der Waals surface area contributed by atoms with Gasteiger partial charge in [0.25, 0.3) is 0 Å². The first kappa shape index (κ1) is 21.9. The van der Waals surface area contributed by atoms with Gasteiger partial charge in [-0.05, 0) is 73.9 Å². The molecule has 0 aromatic heterocycles. The van der Waals surface area contributed by atoms with Gasteiger partial charge in [-0.25, -0.2) is 4.39 Å². The van der Waals surface area contributed by atoms with Crippen LogP contribution in [0, 0.1) is 17.7 Å². The summed E-state index contributed by atoms with van der Waals surface area (Å²) in [5.74, 6) is 6.16. The third kappa shape index (κ3) is 6.88. The second-order valence-corrected chi connectivity index (χ2v) is 8.34. The average Bonchev–Trinajstić information content (AvgIpc) is 2.74. The molecule has 2 aromatic rings. The number of unbranched alkanes of at least 4 members (excludes halogenated alkanes) is 3. The molecule has 0 amide bonds. The van der Waals surface area contributed by atoms with Gasteiger partial charge >= 0.3 is 0 Å². The Bertz CT molecular complexity index is 826. The van der Waals surface area contributed by atoms with Crippen LogP contribution in [0.25, 0.3) is 0 Å². The summed E-state index contributed by atoms with van der Waals surface area (Å²) in [5, 5.41) is 0.383. The van der Waals surface area contributed by atoms with Crippen molar-refractivity contribution in [3.8, 4) is 11.8 Å². The molecule has 0 unspecified atom stereocenters. The fourth-order valence-corrected chi connectivity index (χ4v) is 4.07. The topological polar surface area (TPSA) is 9.23 Å². The fourth-order valence-electron chi connectivity index (χ4n) is 3.91. The third-order valence-electron chi connectivity index (χ3n) is 5.68. The van der Waals surface area contributed by atoms with E-state index in [1.54, 1.807) is 12.1 Å².